The smallest absolute Gasteiger partial charge is 0.244 e. The van der Waals surface area contributed by atoms with Gasteiger partial charge in [-0.2, -0.15) is 9.40 Å². The summed E-state index contributed by atoms with van der Waals surface area (Å²) < 4.78 is 28.6. The molecule has 0 bridgehead atoms. The third-order valence-corrected chi connectivity index (χ3v) is 6.29. The first kappa shape index (κ1) is 16.2. The molecule has 0 aliphatic carbocycles. The molecule has 0 unspecified atom stereocenters. The molecule has 8 heteroatoms. The number of piperazine rings is 1. The highest BCUT2D eigenvalue weighted by molar-refractivity contribution is 7.89. The maximum absolute atomic E-state index is 12.6. The number of nitrogens with zero attached hydrogens (tertiary/aromatic N) is 5. The first-order chi connectivity index (χ1) is 12.1. The van der Waals surface area contributed by atoms with Crippen LogP contribution in [0.25, 0.3) is 5.52 Å². The van der Waals surface area contributed by atoms with Gasteiger partial charge >= 0.3 is 0 Å². The van der Waals surface area contributed by atoms with Gasteiger partial charge in [0.1, 0.15) is 4.90 Å². The van der Waals surface area contributed by atoms with Gasteiger partial charge in [-0.15, -0.1) is 0 Å². The van der Waals surface area contributed by atoms with Crippen LogP contribution in [0.4, 0.5) is 0 Å². The van der Waals surface area contributed by atoms with Crippen LogP contribution in [0.2, 0.25) is 0 Å². The van der Waals surface area contributed by atoms with E-state index in [1.165, 1.54) is 10.5 Å². The molecule has 3 aromatic heterocycles. The lowest BCUT2D eigenvalue weighted by Crippen LogP contribution is -2.48. The third kappa shape index (κ3) is 3.28. The summed E-state index contributed by atoms with van der Waals surface area (Å²) in [5.41, 5.74) is 2.06. The van der Waals surface area contributed by atoms with Crippen LogP contribution >= 0.6 is 0 Å². The van der Waals surface area contributed by atoms with Gasteiger partial charge < -0.3 is 0 Å². The number of pyridine rings is 2. The van der Waals surface area contributed by atoms with Crippen LogP contribution in [0, 0.1) is 0 Å². The van der Waals surface area contributed by atoms with Gasteiger partial charge in [-0.1, -0.05) is 6.07 Å². The van der Waals surface area contributed by atoms with E-state index < -0.39 is 10.0 Å². The van der Waals surface area contributed by atoms with E-state index in [2.05, 4.69) is 21.0 Å². The van der Waals surface area contributed by atoms with E-state index in [1.807, 2.05) is 28.9 Å². The topological polar surface area (TPSA) is 70.8 Å². The van der Waals surface area contributed by atoms with Crippen molar-refractivity contribution in [3.05, 3.63) is 60.7 Å². The maximum atomic E-state index is 12.6. The minimum atomic E-state index is -3.45. The van der Waals surface area contributed by atoms with Crippen LogP contribution in [0.1, 0.15) is 5.69 Å². The standard InChI is InChI=1S/C17H19N5O2S/c23-25(24,17-5-3-6-18-13-17)21-10-8-20(9-11-21)14-15-12-16-4-1-2-7-22(16)19-15/h1-7,12-13H,8-11,14H2. The van der Waals surface area contributed by atoms with E-state index in [-0.39, 0.29) is 4.90 Å². The summed E-state index contributed by atoms with van der Waals surface area (Å²) in [6.45, 7) is 3.05. The number of rotatable bonds is 4. The van der Waals surface area contributed by atoms with Gasteiger partial charge in [-0.25, -0.2) is 12.9 Å². The molecule has 130 valence electrons. The number of aromatic nitrogens is 3. The fourth-order valence-corrected chi connectivity index (χ4v) is 4.46. The average molecular weight is 357 g/mol. The van der Waals surface area contributed by atoms with Crippen LogP contribution < -0.4 is 0 Å². The van der Waals surface area contributed by atoms with Crippen molar-refractivity contribution >= 4 is 15.5 Å². The average Bonchev–Trinajstić information content (AvgIpc) is 3.05. The van der Waals surface area contributed by atoms with E-state index >= 15 is 0 Å². The van der Waals surface area contributed by atoms with Crippen molar-refractivity contribution in [2.45, 2.75) is 11.4 Å². The molecule has 1 fully saturated rings. The first-order valence-electron chi connectivity index (χ1n) is 8.19. The second-order valence-electron chi connectivity index (χ2n) is 6.07. The van der Waals surface area contributed by atoms with Crippen molar-refractivity contribution in [1.82, 2.24) is 23.8 Å². The molecule has 1 aliphatic heterocycles. The third-order valence-electron chi connectivity index (χ3n) is 4.41. The summed E-state index contributed by atoms with van der Waals surface area (Å²) >= 11 is 0. The minimum Gasteiger partial charge on any atom is -0.295 e. The molecule has 4 heterocycles. The SMILES string of the molecule is O=S(=O)(c1cccnc1)N1CCN(Cc2cc3ccccn3n2)CC1. The summed E-state index contributed by atoms with van der Waals surface area (Å²) in [6, 6.07) is 11.3. The quantitative estimate of drug-likeness (QED) is 0.702. The van der Waals surface area contributed by atoms with Crippen LogP contribution in [0.5, 0.6) is 0 Å². The van der Waals surface area contributed by atoms with Crippen LogP contribution in [-0.4, -0.2) is 58.4 Å². The maximum Gasteiger partial charge on any atom is 0.244 e. The lowest BCUT2D eigenvalue weighted by Gasteiger charge is -2.33. The molecule has 4 rings (SSSR count). The van der Waals surface area contributed by atoms with E-state index in [0.29, 0.717) is 26.2 Å². The lowest BCUT2D eigenvalue weighted by molar-refractivity contribution is 0.180. The second-order valence-corrected chi connectivity index (χ2v) is 8.01. The normalized spacial score (nSPS) is 17.1. The van der Waals surface area contributed by atoms with Gasteiger partial charge in [0.05, 0.1) is 11.2 Å². The summed E-state index contributed by atoms with van der Waals surface area (Å²) in [6.07, 6.45) is 4.90. The van der Waals surface area contributed by atoms with E-state index in [4.69, 9.17) is 0 Å². The highest BCUT2D eigenvalue weighted by Crippen LogP contribution is 2.17. The molecule has 3 aromatic rings. The van der Waals surface area contributed by atoms with Gasteiger partial charge in [0, 0.05) is 51.3 Å². The van der Waals surface area contributed by atoms with Crippen molar-refractivity contribution in [2.75, 3.05) is 26.2 Å². The number of sulfonamides is 1. The minimum absolute atomic E-state index is 0.254. The predicted molar refractivity (Wildman–Crippen MR) is 93.5 cm³/mol. The molecule has 0 N–H and O–H groups in total. The Morgan fingerprint density at radius 1 is 1.04 bits per heavy atom. The number of hydrogen-bond donors (Lipinski definition) is 0. The highest BCUT2D eigenvalue weighted by Gasteiger charge is 2.28. The highest BCUT2D eigenvalue weighted by atomic mass is 32.2. The molecule has 7 nitrogen and oxygen atoms in total. The van der Waals surface area contributed by atoms with E-state index in [1.54, 1.807) is 18.3 Å². The molecular weight excluding hydrogens is 338 g/mol. The molecular formula is C17H19N5O2S. The van der Waals surface area contributed by atoms with Crippen molar-refractivity contribution in [2.24, 2.45) is 0 Å². The summed E-state index contributed by atoms with van der Waals surface area (Å²) in [5.74, 6) is 0. The second kappa shape index (κ2) is 6.55. The number of fused-ring (bicyclic) bond motifs is 1. The van der Waals surface area contributed by atoms with Crippen LogP contribution in [-0.2, 0) is 16.6 Å². The summed E-state index contributed by atoms with van der Waals surface area (Å²) in [4.78, 5) is 6.40. The lowest BCUT2D eigenvalue weighted by atomic mass is 10.3. The Kier molecular flexibility index (Phi) is 4.24. The zero-order valence-corrected chi connectivity index (χ0v) is 14.5. The van der Waals surface area contributed by atoms with Crippen molar-refractivity contribution < 1.29 is 8.42 Å². The molecule has 1 saturated heterocycles. The molecule has 1 aliphatic rings. The van der Waals surface area contributed by atoms with Crippen molar-refractivity contribution in [3.8, 4) is 0 Å². The van der Waals surface area contributed by atoms with E-state index in [9.17, 15) is 8.42 Å². The summed E-state index contributed by atoms with van der Waals surface area (Å²) in [7, 11) is -3.45. The van der Waals surface area contributed by atoms with Gasteiger partial charge in [0.25, 0.3) is 0 Å². The first-order valence-corrected chi connectivity index (χ1v) is 9.63. The van der Waals surface area contributed by atoms with Crippen LogP contribution in [0.3, 0.4) is 0 Å². The molecule has 0 atom stereocenters. The molecule has 25 heavy (non-hydrogen) atoms. The Morgan fingerprint density at radius 2 is 1.88 bits per heavy atom. The van der Waals surface area contributed by atoms with Crippen molar-refractivity contribution in [1.29, 1.82) is 0 Å². The fourth-order valence-electron chi connectivity index (χ4n) is 3.07. The molecule has 0 saturated carbocycles. The van der Waals surface area contributed by atoms with Gasteiger partial charge in [0.15, 0.2) is 0 Å². The largest absolute Gasteiger partial charge is 0.295 e. The van der Waals surface area contributed by atoms with Crippen molar-refractivity contribution in [3.63, 3.8) is 0 Å². The predicted octanol–water partition coefficient (Wildman–Crippen LogP) is 1.24. The zero-order chi connectivity index (χ0) is 17.3. The fraction of sp³-hybridized carbons (Fsp3) is 0.294. The van der Waals surface area contributed by atoms with Crippen LogP contribution in [0.15, 0.2) is 59.9 Å². The monoisotopic (exact) mass is 357 g/mol. The Bertz CT molecular complexity index is 930. The molecule has 0 aromatic carbocycles. The Hall–Kier alpha value is -2.29. The van der Waals surface area contributed by atoms with Gasteiger partial charge in [0.2, 0.25) is 10.0 Å². The Balaban J connectivity index is 1.41. The molecule has 0 radical (unpaired) electrons. The Labute approximate surface area is 146 Å². The van der Waals surface area contributed by atoms with Gasteiger partial charge in [-0.05, 0) is 30.3 Å². The Morgan fingerprint density at radius 3 is 2.60 bits per heavy atom. The van der Waals surface area contributed by atoms with E-state index in [0.717, 1.165) is 17.8 Å². The molecule has 0 spiro atoms. The number of hydrogen-bond acceptors (Lipinski definition) is 5. The summed E-state index contributed by atoms with van der Waals surface area (Å²) in [5, 5.41) is 4.56. The van der Waals surface area contributed by atoms with Gasteiger partial charge in [-0.3, -0.25) is 9.88 Å². The zero-order valence-electron chi connectivity index (χ0n) is 13.7. The molecule has 0 amide bonds.